The lowest BCUT2D eigenvalue weighted by Crippen LogP contribution is -2.31. The zero-order chi connectivity index (χ0) is 24.1. The average molecular weight is 541 g/mol. The third-order valence-electron chi connectivity index (χ3n) is 5.17. The van der Waals surface area contributed by atoms with E-state index in [4.69, 9.17) is 14.2 Å². The van der Waals surface area contributed by atoms with Crippen LogP contribution in [0.3, 0.4) is 0 Å². The first-order chi connectivity index (χ1) is 16.4. The Morgan fingerprint density at radius 2 is 1.74 bits per heavy atom. The molecular weight excluding hydrogens is 516 g/mol. The van der Waals surface area contributed by atoms with Crippen LogP contribution in [0.25, 0.3) is 6.08 Å². The number of hydrogen-bond donors (Lipinski definition) is 2. The Morgan fingerprint density at radius 1 is 1.00 bits per heavy atom. The lowest BCUT2D eigenvalue weighted by atomic mass is 10.2. The first kappa shape index (κ1) is 24.0. The molecule has 0 bridgehead atoms. The summed E-state index contributed by atoms with van der Waals surface area (Å²) >= 11 is 4.85. The summed E-state index contributed by atoms with van der Waals surface area (Å²) < 4.78 is 17.9. The zero-order valence-electron chi connectivity index (χ0n) is 19.1. The van der Waals surface area contributed by atoms with Crippen LogP contribution >= 0.6 is 27.7 Å². The molecule has 1 heterocycles. The van der Waals surface area contributed by atoms with Crippen molar-refractivity contribution in [2.75, 3.05) is 19.5 Å². The second-order valence-corrected chi connectivity index (χ2v) is 9.72. The number of hydrogen-bond acceptors (Lipinski definition) is 6. The van der Waals surface area contributed by atoms with E-state index in [1.807, 2.05) is 73.7 Å². The summed E-state index contributed by atoms with van der Waals surface area (Å²) in [6.07, 6.45) is 1.84. The lowest BCUT2D eigenvalue weighted by molar-refractivity contribution is -0.116. The molecule has 0 aromatic heterocycles. The van der Waals surface area contributed by atoms with E-state index in [2.05, 4.69) is 26.6 Å². The van der Waals surface area contributed by atoms with Gasteiger partial charge >= 0.3 is 0 Å². The molecular formula is C26H25BrN2O4S. The summed E-state index contributed by atoms with van der Waals surface area (Å²) in [7, 11) is 3.23. The number of carbonyl (C=O) groups is 1. The topological polar surface area (TPSA) is 68.8 Å². The summed E-state index contributed by atoms with van der Waals surface area (Å²) in [6, 6.07) is 19.5. The maximum atomic E-state index is 12.6. The molecule has 0 radical (unpaired) electrons. The van der Waals surface area contributed by atoms with Gasteiger partial charge < -0.3 is 24.8 Å². The van der Waals surface area contributed by atoms with Crippen molar-refractivity contribution in [1.29, 1.82) is 0 Å². The number of benzene rings is 3. The van der Waals surface area contributed by atoms with Crippen LogP contribution in [-0.2, 0) is 11.4 Å². The first-order valence-corrected chi connectivity index (χ1v) is 12.3. The Morgan fingerprint density at radius 3 is 2.47 bits per heavy atom. The van der Waals surface area contributed by atoms with Gasteiger partial charge in [0.1, 0.15) is 12.4 Å². The summed E-state index contributed by atoms with van der Waals surface area (Å²) in [5.41, 5.74) is 3.53. The Bertz CT molecular complexity index is 1210. The molecule has 0 spiro atoms. The molecule has 176 valence electrons. The molecule has 1 atom stereocenters. The van der Waals surface area contributed by atoms with Gasteiger partial charge in [-0.3, -0.25) is 4.79 Å². The van der Waals surface area contributed by atoms with Gasteiger partial charge in [0, 0.05) is 4.47 Å². The molecule has 1 fully saturated rings. The van der Waals surface area contributed by atoms with E-state index in [1.54, 1.807) is 14.2 Å². The number of thioether (sulfide) groups is 1. The number of rotatable bonds is 8. The van der Waals surface area contributed by atoms with Gasteiger partial charge in [-0.15, -0.1) is 0 Å². The highest BCUT2D eigenvalue weighted by molar-refractivity contribution is 9.10. The number of halogens is 1. The third-order valence-corrected chi connectivity index (χ3v) is 6.72. The Balaban J connectivity index is 1.45. The molecule has 6 nitrogen and oxygen atoms in total. The van der Waals surface area contributed by atoms with Crippen molar-refractivity contribution in [2.45, 2.75) is 19.0 Å². The number of nitrogens with one attached hydrogen (secondary N) is 2. The van der Waals surface area contributed by atoms with Crippen LogP contribution in [0.2, 0.25) is 0 Å². The van der Waals surface area contributed by atoms with Crippen LogP contribution in [0.15, 0.2) is 70.0 Å². The van der Waals surface area contributed by atoms with Crippen molar-refractivity contribution in [3.05, 3.63) is 86.7 Å². The fraction of sp³-hybridized carbons (Fsp3) is 0.192. The van der Waals surface area contributed by atoms with Crippen molar-refractivity contribution in [3.8, 4) is 17.2 Å². The van der Waals surface area contributed by atoms with Gasteiger partial charge in [-0.05, 0) is 66.1 Å². The van der Waals surface area contributed by atoms with Gasteiger partial charge in [0.15, 0.2) is 17.0 Å². The van der Waals surface area contributed by atoms with Crippen LogP contribution in [0.4, 0.5) is 5.69 Å². The largest absolute Gasteiger partial charge is 0.495 e. The number of methoxy groups -OCH3 is 2. The molecule has 4 rings (SSSR count). The number of aryl methyl sites for hydroxylation is 1. The van der Waals surface area contributed by atoms with Crippen LogP contribution in [0, 0.1) is 6.92 Å². The Hall–Kier alpha value is -3.10. The standard InChI is InChI=1S/C26H25BrN2O4S/c1-16-4-10-21(31-2)20(12-16)28-26-29-25(30)24(34-26)14-18-7-11-22(23(13-18)32-3)33-15-17-5-8-19(27)9-6-17/h4-14,26,28H,15H2,1-3H3,(H,29,30)/b24-14-. The number of anilines is 1. The van der Waals surface area contributed by atoms with E-state index in [0.717, 1.165) is 32.6 Å². The molecule has 3 aromatic rings. The SMILES string of the molecule is COc1ccc(C)cc1NC1NC(=O)/C(=C/c2ccc(OCc3ccc(Br)cc3)c(OC)c2)S1. The van der Waals surface area contributed by atoms with Crippen molar-refractivity contribution >= 4 is 45.4 Å². The minimum atomic E-state index is -0.301. The summed E-state index contributed by atoms with van der Waals surface area (Å²) in [5.74, 6) is 1.83. The molecule has 1 aliphatic heterocycles. The summed E-state index contributed by atoms with van der Waals surface area (Å²) in [5, 5.41) is 6.29. The maximum Gasteiger partial charge on any atom is 0.260 e. The second-order valence-electron chi connectivity index (χ2n) is 7.65. The normalized spacial score (nSPS) is 16.3. The van der Waals surface area contributed by atoms with Crippen molar-refractivity contribution in [1.82, 2.24) is 5.32 Å². The van der Waals surface area contributed by atoms with E-state index in [0.29, 0.717) is 23.0 Å². The van der Waals surface area contributed by atoms with Crippen LogP contribution < -0.4 is 24.8 Å². The van der Waals surface area contributed by atoms with Crippen molar-refractivity contribution < 1.29 is 19.0 Å². The molecule has 34 heavy (non-hydrogen) atoms. The fourth-order valence-electron chi connectivity index (χ4n) is 3.43. The predicted octanol–water partition coefficient (Wildman–Crippen LogP) is 5.95. The molecule has 8 heteroatoms. The van der Waals surface area contributed by atoms with Crippen molar-refractivity contribution in [2.24, 2.45) is 0 Å². The van der Waals surface area contributed by atoms with Crippen LogP contribution in [0.1, 0.15) is 16.7 Å². The minimum Gasteiger partial charge on any atom is -0.495 e. The van der Waals surface area contributed by atoms with Gasteiger partial charge in [0.2, 0.25) is 0 Å². The summed E-state index contributed by atoms with van der Waals surface area (Å²) in [4.78, 5) is 13.2. The predicted molar refractivity (Wildman–Crippen MR) is 140 cm³/mol. The third kappa shape index (κ3) is 5.87. The molecule has 1 aliphatic rings. The first-order valence-electron chi connectivity index (χ1n) is 10.6. The van der Waals surface area contributed by atoms with E-state index in [9.17, 15) is 4.79 Å². The van der Waals surface area contributed by atoms with E-state index < -0.39 is 0 Å². The Kier molecular flexibility index (Phi) is 7.70. The molecule has 1 saturated heterocycles. The highest BCUT2D eigenvalue weighted by atomic mass is 79.9. The Labute approximate surface area is 211 Å². The minimum absolute atomic E-state index is 0.136. The second kappa shape index (κ2) is 10.9. The molecule has 0 aliphatic carbocycles. The molecule has 3 aromatic carbocycles. The van der Waals surface area contributed by atoms with E-state index in [1.165, 1.54) is 11.8 Å². The van der Waals surface area contributed by atoms with Crippen LogP contribution in [-0.4, -0.2) is 25.6 Å². The number of ether oxygens (including phenoxy) is 3. The fourth-order valence-corrected chi connectivity index (χ4v) is 4.67. The highest BCUT2D eigenvalue weighted by Crippen LogP contribution is 2.35. The average Bonchev–Trinajstić information content (AvgIpc) is 3.17. The smallest absolute Gasteiger partial charge is 0.260 e. The highest BCUT2D eigenvalue weighted by Gasteiger charge is 2.28. The molecule has 1 unspecified atom stereocenters. The quantitative estimate of drug-likeness (QED) is 0.344. The summed E-state index contributed by atoms with van der Waals surface area (Å²) in [6.45, 7) is 2.44. The van der Waals surface area contributed by atoms with Gasteiger partial charge in [-0.25, -0.2) is 0 Å². The van der Waals surface area contributed by atoms with E-state index in [-0.39, 0.29) is 11.4 Å². The van der Waals surface area contributed by atoms with E-state index >= 15 is 0 Å². The van der Waals surface area contributed by atoms with Gasteiger partial charge in [-0.2, -0.15) is 0 Å². The van der Waals surface area contributed by atoms with Gasteiger partial charge in [-0.1, -0.05) is 52.0 Å². The van der Waals surface area contributed by atoms with Crippen molar-refractivity contribution in [3.63, 3.8) is 0 Å². The van der Waals surface area contributed by atoms with Gasteiger partial charge in [0.25, 0.3) is 5.91 Å². The maximum absolute atomic E-state index is 12.6. The zero-order valence-corrected chi connectivity index (χ0v) is 21.5. The molecule has 1 amide bonds. The monoisotopic (exact) mass is 540 g/mol. The van der Waals surface area contributed by atoms with Crippen LogP contribution in [0.5, 0.6) is 17.2 Å². The molecule has 0 saturated carbocycles. The number of amides is 1. The lowest BCUT2D eigenvalue weighted by Gasteiger charge is -2.16. The molecule has 2 N–H and O–H groups in total. The van der Waals surface area contributed by atoms with Gasteiger partial charge in [0.05, 0.1) is 24.8 Å². The number of carbonyl (C=O) groups excluding carboxylic acids is 1.